The first kappa shape index (κ1) is 20.2. The van der Waals surface area contributed by atoms with E-state index in [1.807, 2.05) is 0 Å². The van der Waals surface area contributed by atoms with E-state index >= 15 is 0 Å². The lowest BCUT2D eigenvalue weighted by Gasteiger charge is -2.34. The second kappa shape index (κ2) is 8.73. The normalized spacial score (nSPS) is 28.1. The zero-order chi connectivity index (χ0) is 20.4. The second-order valence-corrected chi connectivity index (χ2v) is 8.70. The molecule has 2 saturated heterocycles. The zero-order valence-corrected chi connectivity index (χ0v) is 17.1. The van der Waals surface area contributed by atoms with Gasteiger partial charge in [-0.1, -0.05) is 6.92 Å². The molecule has 1 aromatic rings. The Morgan fingerprint density at radius 3 is 2.34 bits per heavy atom. The summed E-state index contributed by atoms with van der Waals surface area (Å²) in [5.41, 5.74) is 0. The lowest BCUT2D eigenvalue weighted by Crippen LogP contribution is -2.47. The van der Waals surface area contributed by atoms with Crippen molar-refractivity contribution in [3.63, 3.8) is 0 Å². The van der Waals surface area contributed by atoms with Crippen molar-refractivity contribution >= 4 is 17.8 Å². The van der Waals surface area contributed by atoms with Gasteiger partial charge in [-0.3, -0.25) is 19.4 Å². The van der Waals surface area contributed by atoms with Gasteiger partial charge in [0.2, 0.25) is 17.8 Å². The lowest BCUT2D eigenvalue weighted by atomic mass is 9.76. The van der Waals surface area contributed by atoms with E-state index in [1.165, 1.54) is 17.3 Å². The summed E-state index contributed by atoms with van der Waals surface area (Å²) in [7, 11) is 0. The van der Waals surface area contributed by atoms with E-state index < -0.39 is 5.82 Å². The molecule has 7 nitrogen and oxygen atoms in total. The minimum absolute atomic E-state index is 0.0551. The average molecular weight is 404 g/mol. The summed E-state index contributed by atoms with van der Waals surface area (Å²) in [6.45, 7) is 7.14. The molecule has 1 saturated carbocycles. The molecule has 3 atom stereocenters. The minimum atomic E-state index is -0.420. The van der Waals surface area contributed by atoms with Crippen LogP contribution in [0.2, 0.25) is 0 Å². The number of nitrogens with zero attached hydrogens (tertiary/aromatic N) is 5. The first-order valence-electron chi connectivity index (χ1n) is 10.8. The molecule has 1 aromatic heterocycles. The van der Waals surface area contributed by atoms with Gasteiger partial charge in [-0.25, -0.2) is 14.4 Å². The van der Waals surface area contributed by atoms with Gasteiger partial charge in [0.05, 0.1) is 24.2 Å². The van der Waals surface area contributed by atoms with Gasteiger partial charge in [0.15, 0.2) is 5.82 Å². The highest BCUT2D eigenvalue weighted by Gasteiger charge is 2.48. The van der Waals surface area contributed by atoms with Crippen molar-refractivity contribution in [3.8, 4) is 0 Å². The van der Waals surface area contributed by atoms with Crippen LogP contribution in [0.1, 0.15) is 39.0 Å². The topological polar surface area (TPSA) is 69.6 Å². The summed E-state index contributed by atoms with van der Waals surface area (Å²) >= 11 is 0. The molecule has 3 unspecified atom stereocenters. The van der Waals surface area contributed by atoms with Crippen molar-refractivity contribution in [2.24, 2.45) is 17.8 Å². The molecule has 29 heavy (non-hydrogen) atoms. The number of fused-ring (bicyclic) bond motifs is 1. The molecular formula is C21H30FN5O2. The van der Waals surface area contributed by atoms with Crippen LogP contribution in [0.25, 0.3) is 0 Å². The fraction of sp³-hybridized carbons (Fsp3) is 0.714. The average Bonchev–Trinajstić information content (AvgIpc) is 2.96. The number of halogens is 1. The van der Waals surface area contributed by atoms with Gasteiger partial charge in [-0.2, -0.15) is 0 Å². The van der Waals surface area contributed by atoms with Gasteiger partial charge in [0, 0.05) is 32.7 Å². The Kier molecular flexibility index (Phi) is 6.08. The third-order valence-electron chi connectivity index (χ3n) is 6.65. The Morgan fingerprint density at radius 2 is 1.62 bits per heavy atom. The maximum Gasteiger partial charge on any atom is 0.233 e. The molecule has 0 aromatic carbocycles. The highest BCUT2D eigenvalue weighted by Crippen LogP contribution is 2.40. The first-order chi connectivity index (χ1) is 14.0. The quantitative estimate of drug-likeness (QED) is 0.534. The molecule has 0 radical (unpaired) electrons. The van der Waals surface area contributed by atoms with E-state index in [1.54, 1.807) is 0 Å². The number of rotatable bonds is 6. The number of hydrogen-bond donors (Lipinski definition) is 0. The van der Waals surface area contributed by atoms with Crippen LogP contribution in [-0.4, -0.2) is 70.9 Å². The van der Waals surface area contributed by atoms with E-state index in [9.17, 15) is 14.0 Å². The SMILES string of the molecule is CC1CCC2C(=O)N(CCCCN3CCN(c4ncc(F)cn4)CC3)C(=O)C2C1. The zero-order valence-electron chi connectivity index (χ0n) is 17.1. The van der Waals surface area contributed by atoms with Gasteiger partial charge in [0.1, 0.15) is 0 Å². The fourth-order valence-electron chi connectivity index (χ4n) is 4.92. The van der Waals surface area contributed by atoms with Crippen LogP contribution in [-0.2, 0) is 9.59 Å². The molecule has 3 aliphatic rings. The standard InChI is InChI=1S/C21H30FN5O2/c1-15-4-5-17-18(12-15)20(29)27(19(17)28)7-3-2-6-25-8-10-26(11-9-25)21-23-13-16(22)14-24-21/h13-15,17-18H,2-12H2,1H3. The molecule has 3 fully saturated rings. The second-order valence-electron chi connectivity index (χ2n) is 8.70. The number of anilines is 1. The Bertz CT molecular complexity index is 735. The molecule has 3 heterocycles. The summed E-state index contributed by atoms with van der Waals surface area (Å²) in [6.07, 6.45) is 7.02. The summed E-state index contributed by atoms with van der Waals surface area (Å²) in [5, 5.41) is 0. The van der Waals surface area contributed by atoms with Crippen LogP contribution >= 0.6 is 0 Å². The van der Waals surface area contributed by atoms with Gasteiger partial charge in [-0.15, -0.1) is 0 Å². The number of unbranched alkanes of at least 4 members (excludes halogenated alkanes) is 1. The van der Waals surface area contributed by atoms with Gasteiger partial charge < -0.3 is 4.90 Å². The predicted octanol–water partition coefficient (Wildman–Crippen LogP) is 1.94. The third-order valence-corrected chi connectivity index (χ3v) is 6.65. The Balaban J connectivity index is 1.17. The van der Waals surface area contributed by atoms with Crippen molar-refractivity contribution in [1.29, 1.82) is 0 Å². The van der Waals surface area contributed by atoms with Crippen molar-refractivity contribution < 1.29 is 14.0 Å². The van der Waals surface area contributed by atoms with Crippen LogP contribution in [0, 0.1) is 23.6 Å². The highest BCUT2D eigenvalue weighted by molar-refractivity contribution is 6.05. The molecule has 2 amide bonds. The third kappa shape index (κ3) is 4.42. The first-order valence-corrected chi connectivity index (χ1v) is 10.8. The number of hydrogen-bond acceptors (Lipinski definition) is 6. The molecule has 0 N–H and O–H groups in total. The maximum absolute atomic E-state index is 13.0. The predicted molar refractivity (Wildman–Crippen MR) is 107 cm³/mol. The van der Waals surface area contributed by atoms with Crippen molar-refractivity contribution in [3.05, 3.63) is 18.2 Å². The number of carbonyl (C=O) groups excluding carboxylic acids is 2. The van der Waals surface area contributed by atoms with Crippen LogP contribution in [0.5, 0.6) is 0 Å². The molecule has 1 aliphatic carbocycles. The molecule has 2 aliphatic heterocycles. The summed E-state index contributed by atoms with van der Waals surface area (Å²) < 4.78 is 13.0. The Labute approximate surface area is 171 Å². The summed E-state index contributed by atoms with van der Waals surface area (Å²) in [6, 6.07) is 0. The van der Waals surface area contributed by atoms with Crippen LogP contribution in [0.15, 0.2) is 12.4 Å². The summed E-state index contributed by atoms with van der Waals surface area (Å²) in [5.74, 6) is 0.726. The van der Waals surface area contributed by atoms with Crippen LogP contribution in [0.3, 0.4) is 0 Å². The smallest absolute Gasteiger partial charge is 0.233 e. The molecule has 158 valence electrons. The minimum Gasteiger partial charge on any atom is -0.338 e. The summed E-state index contributed by atoms with van der Waals surface area (Å²) in [4.78, 5) is 39.3. The monoisotopic (exact) mass is 403 g/mol. The van der Waals surface area contributed by atoms with E-state index in [-0.39, 0.29) is 23.7 Å². The molecule has 4 rings (SSSR count). The van der Waals surface area contributed by atoms with E-state index in [0.717, 1.165) is 64.8 Å². The van der Waals surface area contributed by atoms with Gasteiger partial charge in [-0.05, 0) is 44.6 Å². The lowest BCUT2D eigenvalue weighted by molar-refractivity contribution is -0.140. The fourth-order valence-corrected chi connectivity index (χ4v) is 4.92. The molecule has 0 spiro atoms. The number of imide groups is 1. The van der Waals surface area contributed by atoms with Crippen molar-refractivity contribution in [1.82, 2.24) is 19.8 Å². The van der Waals surface area contributed by atoms with Crippen LogP contribution < -0.4 is 4.90 Å². The Morgan fingerprint density at radius 1 is 0.966 bits per heavy atom. The highest BCUT2D eigenvalue weighted by atomic mass is 19.1. The Hall–Kier alpha value is -2.09. The van der Waals surface area contributed by atoms with Gasteiger partial charge in [0.25, 0.3) is 0 Å². The number of carbonyl (C=O) groups is 2. The van der Waals surface area contributed by atoms with Gasteiger partial charge >= 0.3 is 0 Å². The maximum atomic E-state index is 13.0. The number of amides is 2. The van der Waals surface area contributed by atoms with E-state index in [4.69, 9.17) is 0 Å². The largest absolute Gasteiger partial charge is 0.338 e. The van der Waals surface area contributed by atoms with Crippen molar-refractivity contribution in [2.75, 3.05) is 44.2 Å². The van der Waals surface area contributed by atoms with Crippen molar-refractivity contribution in [2.45, 2.75) is 39.0 Å². The van der Waals surface area contributed by atoms with E-state index in [0.29, 0.717) is 18.4 Å². The van der Waals surface area contributed by atoms with E-state index in [2.05, 4.69) is 26.7 Å². The molecule has 0 bridgehead atoms. The number of aromatic nitrogens is 2. The van der Waals surface area contributed by atoms with Crippen LogP contribution in [0.4, 0.5) is 10.3 Å². The number of piperazine rings is 1. The molecular weight excluding hydrogens is 373 g/mol. The molecule has 8 heteroatoms. The number of likely N-dealkylation sites (tertiary alicyclic amines) is 1.